The minimum atomic E-state index is 0.0908. The first-order valence-corrected chi connectivity index (χ1v) is 9.93. The Labute approximate surface area is 155 Å². The van der Waals surface area contributed by atoms with E-state index in [1.54, 1.807) is 0 Å². The van der Waals surface area contributed by atoms with Crippen LogP contribution in [0.4, 0.5) is 0 Å². The Morgan fingerprint density at radius 2 is 2.15 bits per heavy atom. The second-order valence-electron chi connectivity index (χ2n) is 6.17. The Morgan fingerprint density at radius 1 is 1.31 bits per heavy atom. The van der Waals surface area contributed by atoms with Crippen LogP contribution >= 0.6 is 11.8 Å². The van der Waals surface area contributed by atoms with Crippen LogP contribution in [0.1, 0.15) is 25.0 Å². The minimum absolute atomic E-state index is 0.0908. The molecule has 3 aromatic heterocycles. The SMILES string of the molecule is CCCc1noc(-c2cccn3c(CC(=O)N4CCSCC4)nnc23)n1. The summed E-state index contributed by atoms with van der Waals surface area (Å²) in [4.78, 5) is 18.9. The van der Waals surface area contributed by atoms with Gasteiger partial charge in [-0.05, 0) is 18.6 Å². The minimum Gasteiger partial charge on any atom is -0.341 e. The number of fused-ring (bicyclic) bond motifs is 1. The molecule has 1 saturated heterocycles. The average Bonchev–Trinajstić information content (AvgIpc) is 3.30. The normalized spacial score (nSPS) is 14.9. The molecule has 0 saturated carbocycles. The van der Waals surface area contributed by atoms with E-state index in [2.05, 4.69) is 27.3 Å². The lowest BCUT2D eigenvalue weighted by atomic mass is 10.2. The summed E-state index contributed by atoms with van der Waals surface area (Å²) < 4.78 is 7.21. The average molecular weight is 372 g/mol. The highest BCUT2D eigenvalue weighted by molar-refractivity contribution is 7.99. The summed E-state index contributed by atoms with van der Waals surface area (Å²) in [6.07, 6.45) is 3.82. The van der Waals surface area contributed by atoms with Crippen molar-refractivity contribution >= 4 is 23.3 Å². The molecule has 26 heavy (non-hydrogen) atoms. The van der Waals surface area contributed by atoms with Crippen LogP contribution in [0.25, 0.3) is 17.1 Å². The first kappa shape index (κ1) is 17.0. The number of thioether (sulfide) groups is 1. The molecule has 0 unspecified atom stereocenters. The van der Waals surface area contributed by atoms with Crippen LogP contribution in [0, 0.1) is 0 Å². The lowest BCUT2D eigenvalue weighted by Crippen LogP contribution is -2.39. The Hall–Kier alpha value is -2.42. The molecule has 1 aliphatic heterocycles. The molecular weight excluding hydrogens is 352 g/mol. The molecule has 1 amide bonds. The molecule has 0 spiro atoms. The van der Waals surface area contributed by atoms with Gasteiger partial charge in [0.15, 0.2) is 11.5 Å². The second-order valence-corrected chi connectivity index (χ2v) is 7.39. The molecule has 1 fully saturated rings. The number of hydrogen-bond donors (Lipinski definition) is 0. The number of hydrogen-bond acceptors (Lipinski definition) is 7. The third kappa shape index (κ3) is 3.31. The van der Waals surface area contributed by atoms with Crippen molar-refractivity contribution in [1.29, 1.82) is 0 Å². The van der Waals surface area contributed by atoms with Gasteiger partial charge in [-0.3, -0.25) is 9.20 Å². The molecular formula is C17H20N6O2S. The van der Waals surface area contributed by atoms with E-state index in [4.69, 9.17) is 4.52 Å². The van der Waals surface area contributed by atoms with Gasteiger partial charge in [0.25, 0.3) is 5.89 Å². The first-order chi connectivity index (χ1) is 12.8. The summed E-state index contributed by atoms with van der Waals surface area (Å²) in [7, 11) is 0. The lowest BCUT2D eigenvalue weighted by Gasteiger charge is -2.26. The monoisotopic (exact) mass is 372 g/mol. The van der Waals surface area contributed by atoms with Crippen LogP contribution in [0.2, 0.25) is 0 Å². The maximum absolute atomic E-state index is 12.5. The summed E-state index contributed by atoms with van der Waals surface area (Å²) in [6, 6.07) is 3.75. The van der Waals surface area contributed by atoms with Crippen molar-refractivity contribution in [2.75, 3.05) is 24.6 Å². The molecule has 4 heterocycles. The zero-order chi connectivity index (χ0) is 17.9. The summed E-state index contributed by atoms with van der Waals surface area (Å²) in [5, 5.41) is 12.5. The van der Waals surface area contributed by atoms with Gasteiger partial charge in [-0.15, -0.1) is 10.2 Å². The van der Waals surface area contributed by atoms with Crippen LogP contribution < -0.4 is 0 Å². The fourth-order valence-electron chi connectivity index (χ4n) is 3.00. The molecule has 0 aliphatic carbocycles. The van der Waals surface area contributed by atoms with E-state index >= 15 is 0 Å². The summed E-state index contributed by atoms with van der Waals surface area (Å²) in [6.45, 7) is 3.67. The molecule has 3 aromatic rings. The van der Waals surface area contributed by atoms with Gasteiger partial charge in [-0.2, -0.15) is 16.7 Å². The van der Waals surface area contributed by atoms with Crippen molar-refractivity contribution in [3.05, 3.63) is 30.0 Å². The second kappa shape index (κ2) is 7.45. The molecule has 8 nitrogen and oxygen atoms in total. The van der Waals surface area contributed by atoms with Crippen molar-refractivity contribution in [2.45, 2.75) is 26.2 Å². The van der Waals surface area contributed by atoms with E-state index in [1.165, 1.54) is 0 Å². The highest BCUT2D eigenvalue weighted by Gasteiger charge is 2.21. The number of carbonyl (C=O) groups excluding carboxylic acids is 1. The van der Waals surface area contributed by atoms with Crippen molar-refractivity contribution in [3.8, 4) is 11.5 Å². The predicted molar refractivity (Wildman–Crippen MR) is 97.9 cm³/mol. The van der Waals surface area contributed by atoms with Crippen molar-refractivity contribution in [3.63, 3.8) is 0 Å². The molecule has 1 aliphatic rings. The Kier molecular flexibility index (Phi) is 4.87. The third-order valence-corrected chi connectivity index (χ3v) is 5.29. The van der Waals surface area contributed by atoms with Gasteiger partial charge in [0.05, 0.1) is 12.0 Å². The molecule has 0 N–H and O–H groups in total. The summed E-state index contributed by atoms with van der Waals surface area (Å²) in [5.41, 5.74) is 1.35. The van der Waals surface area contributed by atoms with Gasteiger partial charge >= 0.3 is 0 Å². The van der Waals surface area contributed by atoms with Crippen LogP contribution in [-0.4, -0.2) is 60.1 Å². The van der Waals surface area contributed by atoms with E-state index in [9.17, 15) is 4.79 Å². The van der Waals surface area contributed by atoms with Crippen LogP contribution in [0.15, 0.2) is 22.9 Å². The highest BCUT2D eigenvalue weighted by atomic mass is 32.2. The maximum Gasteiger partial charge on any atom is 0.261 e. The van der Waals surface area contributed by atoms with Gasteiger partial charge in [0, 0.05) is 37.2 Å². The number of aromatic nitrogens is 5. The largest absolute Gasteiger partial charge is 0.341 e. The molecule has 0 bridgehead atoms. The van der Waals surface area contributed by atoms with Crippen LogP contribution in [-0.2, 0) is 17.6 Å². The number of carbonyl (C=O) groups is 1. The molecule has 9 heteroatoms. The fraction of sp³-hybridized carbons (Fsp3) is 0.471. The van der Waals surface area contributed by atoms with Crippen molar-refractivity contribution in [2.24, 2.45) is 0 Å². The Morgan fingerprint density at radius 3 is 2.96 bits per heavy atom. The zero-order valence-corrected chi connectivity index (χ0v) is 15.4. The van der Waals surface area contributed by atoms with Crippen LogP contribution in [0.5, 0.6) is 0 Å². The zero-order valence-electron chi connectivity index (χ0n) is 14.6. The number of pyridine rings is 1. The predicted octanol–water partition coefficient (Wildman–Crippen LogP) is 1.85. The smallest absolute Gasteiger partial charge is 0.261 e. The topological polar surface area (TPSA) is 89.4 Å². The molecule has 136 valence electrons. The van der Waals surface area contributed by atoms with E-state index < -0.39 is 0 Å². The third-order valence-electron chi connectivity index (χ3n) is 4.35. The van der Waals surface area contributed by atoms with Gasteiger partial charge in [-0.1, -0.05) is 12.1 Å². The Balaban J connectivity index is 1.61. The summed E-state index contributed by atoms with van der Waals surface area (Å²) in [5.74, 6) is 3.81. The van der Waals surface area contributed by atoms with Gasteiger partial charge in [0.1, 0.15) is 5.82 Å². The van der Waals surface area contributed by atoms with Crippen LogP contribution in [0.3, 0.4) is 0 Å². The standard InChI is InChI=1S/C17H20N6O2S/c1-2-4-13-18-17(25-21-13)12-5-3-6-23-14(19-20-16(12)23)11-15(24)22-7-9-26-10-8-22/h3,5-6H,2,4,7-11H2,1H3. The number of aryl methyl sites for hydroxylation is 1. The molecule has 0 aromatic carbocycles. The quantitative estimate of drug-likeness (QED) is 0.675. The van der Waals surface area contributed by atoms with Crippen molar-refractivity contribution in [1.82, 2.24) is 29.6 Å². The van der Waals surface area contributed by atoms with E-state index in [-0.39, 0.29) is 12.3 Å². The van der Waals surface area contributed by atoms with E-state index in [0.29, 0.717) is 23.2 Å². The van der Waals surface area contributed by atoms with Gasteiger partial charge in [-0.25, -0.2) is 0 Å². The fourth-order valence-corrected chi connectivity index (χ4v) is 3.90. The molecule has 0 radical (unpaired) electrons. The van der Waals surface area contributed by atoms with Crippen molar-refractivity contribution < 1.29 is 9.32 Å². The Bertz CT molecular complexity index is 915. The number of rotatable bonds is 5. The highest BCUT2D eigenvalue weighted by Crippen LogP contribution is 2.23. The lowest BCUT2D eigenvalue weighted by molar-refractivity contribution is -0.130. The van der Waals surface area contributed by atoms with Gasteiger partial charge < -0.3 is 9.42 Å². The first-order valence-electron chi connectivity index (χ1n) is 8.77. The van der Waals surface area contributed by atoms with E-state index in [1.807, 2.05) is 39.4 Å². The number of amides is 1. The molecule has 4 rings (SSSR count). The van der Waals surface area contributed by atoms with E-state index in [0.717, 1.165) is 43.0 Å². The number of nitrogens with zero attached hydrogens (tertiary/aromatic N) is 6. The molecule has 0 atom stereocenters. The maximum atomic E-state index is 12.5. The summed E-state index contributed by atoms with van der Waals surface area (Å²) >= 11 is 1.88. The van der Waals surface area contributed by atoms with Gasteiger partial charge in [0.2, 0.25) is 5.91 Å².